The summed E-state index contributed by atoms with van der Waals surface area (Å²) in [4.78, 5) is 59.6. The lowest BCUT2D eigenvalue weighted by atomic mass is 9.97. The molecule has 12 heteroatoms. The van der Waals surface area contributed by atoms with Gasteiger partial charge in [0.25, 0.3) is 5.91 Å². The number of hydrogen-bond acceptors (Lipinski definition) is 11. The van der Waals surface area contributed by atoms with E-state index < -0.39 is 54.6 Å². The van der Waals surface area contributed by atoms with Crippen molar-refractivity contribution in [1.82, 2.24) is 5.32 Å². The molecule has 0 radical (unpaired) electrons. The second-order valence-corrected chi connectivity index (χ2v) is 9.33. The summed E-state index contributed by atoms with van der Waals surface area (Å²) in [6, 6.07) is 12.4. The van der Waals surface area contributed by atoms with Crippen molar-refractivity contribution in [1.29, 1.82) is 0 Å². The largest absolute Gasteiger partial charge is 0.463 e. The van der Waals surface area contributed by atoms with E-state index in [1.54, 1.807) is 44.3 Å². The average molecular weight is 572 g/mol. The molecule has 1 fully saturated rings. The minimum Gasteiger partial charge on any atom is -0.463 e. The van der Waals surface area contributed by atoms with Gasteiger partial charge in [0.15, 0.2) is 12.2 Å². The lowest BCUT2D eigenvalue weighted by Crippen LogP contribution is -2.63. The highest BCUT2D eigenvalue weighted by Gasteiger charge is 2.53. The molecule has 1 aliphatic heterocycles. The average Bonchev–Trinajstić information content (AvgIpc) is 2.90. The summed E-state index contributed by atoms with van der Waals surface area (Å²) in [5.41, 5.74) is 2.77. The maximum Gasteiger partial charge on any atom is 0.303 e. The molecule has 0 aliphatic carbocycles. The number of carbonyl (C=O) groups is 5. The van der Waals surface area contributed by atoms with Gasteiger partial charge in [-0.05, 0) is 47.9 Å². The number of amides is 1. The number of ether oxygens (including phenoxy) is 6. The van der Waals surface area contributed by atoms with Crippen LogP contribution >= 0.6 is 0 Å². The summed E-state index contributed by atoms with van der Waals surface area (Å²) >= 11 is 0. The highest BCUT2D eigenvalue weighted by molar-refractivity contribution is 5.95. The van der Waals surface area contributed by atoms with Crippen molar-refractivity contribution in [2.75, 3.05) is 13.7 Å². The molecule has 1 unspecified atom stereocenters. The molecule has 1 heterocycles. The number of benzene rings is 2. The maximum absolute atomic E-state index is 12.1. The molecule has 5 atom stereocenters. The predicted molar refractivity (Wildman–Crippen MR) is 143 cm³/mol. The number of nitrogens with one attached hydrogen (secondary N) is 1. The normalized spacial score (nSPS) is 21.7. The van der Waals surface area contributed by atoms with Crippen molar-refractivity contribution in [3.05, 3.63) is 53.6 Å². The Morgan fingerprint density at radius 2 is 1.39 bits per heavy atom. The van der Waals surface area contributed by atoms with Gasteiger partial charge in [-0.3, -0.25) is 24.0 Å². The molecule has 3 rings (SSSR count). The molecule has 1 N–H and O–H groups in total. The van der Waals surface area contributed by atoms with Crippen molar-refractivity contribution in [3.63, 3.8) is 0 Å². The highest BCUT2D eigenvalue weighted by atomic mass is 16.7. The highest BCUT2D eigenvalue weighted by Crippen LogP contribution is 2.33. The third kappa shape index (κ3) is 8.27. The summed E-state index contributed by atoms with van der Waals surface area (Å²) in [7, 11) is 1.55. The molecule has 0 aromatic heterocycles. The van der Waals surface area contributed by atoms with Gasteiger partial charge in [0, 0.05) is 40.3 Å². The summed E-state index contributed by atoms with van der Waals surface area (Å²) in [6.45, 7) is 6.05. The van der Waals surface area contributed by atoms with Crippen LogP contribution in [0.3, 0.4) is 0 Å². The molecule has 0 bridgehead atoms. The van der Waals surface area contributed by atoms with Gasteiger partial charge in [-0.2, -0.15) is 0 Å². The van der Waals surface area contributed by atoms with E-state index in [9.17, 15) is 24.0 Å². The van der Waals surface area contributed by atoms with Crippen molar-refractivity contribution >= 4 is 29.8 Å². The van der Waals surface area contributed by atoms with Crippen LogP contribution in [0.2, 0.25) is 0 Å². The molecule has 1 amide bonds. The number of esters is 4. The first-order valence-electron chi connectivity index (χ1n) is 12.8. The van der Waals surface area contributed by atoms with Crippen LogP contribution in [0.1, 0.15) is 43.6 Å². The van der Waals surface area contributed by atoms with Crippen LogP contribution in [-0.4, -0.2) is 74.1 Å². The van der Waals surface area contributed by atoms with E-state index in [2.05, 4.69) is 5.32 Å². The molecule has 0 saturated carbocycles. The van der Waals surface area contributed by atoms with E-state index in [0.717, 1.165) is 31.9 Å². The molecule has 12 nitrogen and oxygen atoms in total. The summed E-state index contributed by atoms with van der Waals surface area (Å²) < 4.78 is 33.5. The van der Waals surface area contributed by atoms with Crippen molar-refractivity contribution in [2.24, 2.45) is 0 Å². The van der Waals surface area contributed by atoms with Gasteiger partial charge in [0.05, 0.1) is 0 Å². The zero-order valence-electron chi connectivity index (χ0n) is 23.6. The van der Waals surface area contributed by atoms with Crippen LogP contribution in [-0.2, 0) is 42.9 Å². The quantitative estimate of drug-likeness (QED) is 0.349. The molecule has 2 aromatic rings. The van der Waals surface area contributed by atoms with Crippen LogP contribution in [0.25, 0.3) is 11.1 Å². The van der Waals surface area contributed by atoms with Gasteiger partial charge in [0.1, 0.15) is 18.5 Å². The Labute approximate surface area is 237 Å². The van der Waals surface area contributed by atoms with E-state index >= 15 is 0 Å². The van der Waals surface area contributed by atoms with Crippen LogP contribution < -0.4 is 10.1 Å². The van der Waals surface area contributed by atoms with Crippen LogP contribution in [0.5, 0.6) is 5.75 Å². The SMILES string of the molecule is CNC(=O)c1cccc(-c2ccc(OC3O[C@H](COC(C)=O)[C@@H](OC(C)=O)[C@H](OC(C)=O)[C@@H]3OC(C)=O)c(C)c2)c1. The standard InChI is InChI=1S/C29H33NO11/c1-15-12-21(20-8-7-9-22(13-20)28(35)30-6)10-11-23(15)40-29-27(39-19(5)34)26(38-18(4)33)25(37-17(3)32)24(41-29)14-36-16(2)31/h7-13,24-27,29H,14H2,1-6H3,(H,30,35)/t24-,25-,26+,27+,29?/m1/s1. The first kappa shape index (κ1) is 31.1. The van der Waals surface area contributed by atoms with Crippen LogP contribution in [0.4, 0.5) is 0 Å². The molecule has 220 valence electrons. The first-order valence-corrected chi connectivity index (χ1v) is 12.8. The van der Waals surface area contributed by atoms with E-state index in [1.165, 1.54) is 6.92 Å². The zero-order chi connectivity index (χ0) is 30.3. The fraction of sp³-hybridized carbons (Fsp3) is 0.414. The second kappa shape index (κ2) is 13.8. The Bertz CT molecular complexity index is 1310. The van der Waals surface area contributed by atoms with Crippen molar-refractivity contribution in [2.45, 2.75) is 65.3 Å². The smallest absolute Gasteiger partial charge is 0.303 e. The van der Waals surface area contributed by atoms with E-state index in [1.807, 2.05) is 12.1 Å². The lowest BCUT2D eigenvalue weighted by Gasteiger charge is -2.44. The minimum atomic E-state index is -1.35. The Hall–Kier alpha value is -4.45. The molecular formula is C29H33NO11. The Morgan fingerprint density at radius 1 is 0.780 bits per heavy atom. The fourth-order valence-electron chi connectivity index (χ4n) is 4.35. The Morgan fingerprint density at radius 3 is 1.98 bits per heavy atom. The minimum absolute atomic E-state index is 0.216. The van der Waals surface area contributed by atoms with E-state index in [0.29, 0.717) is 16.9 Å². The van der Waals surface area contributed by atoms with Gasteiger partial charge in [-0.25, -0.2) is 0 Å². The van der Waals surface area contributed by atoms with E-state index in [4.69, 9.17) is 28.4 Å². The third-order valence-electron chi connectivity index (χ3n) is 6.05. The molecule has 0 spiro atoms. The van der Waals surface area contributed by atoms with Gasteiger partial charge in [-0.1, -0.05) is 18.2 Å². The van der Waals surface area contributed by atoms with E-state index in [-0.39, 0.29) is 12.5 Å². The van der Waals surface area contributed by atoms with Gasteiger partial charge in [0.2, 0.25) is 12.4 Å². The summed E-state index contributed by atoms with van der Waals surface area (Å²) in [5.74, 6) is -2.69. The van der Waals surface area contributed by atoms with Crippen molar-refractivity contribution in [3.8, 4) is 16.9 Å². The molecule has 2 aromatic carbocycles. The number of aryl methyl sites for hydroxylation is 1. The Balaban J connectivity index is 1.98. The van der Waals surface area contributed by atoms with Crippen molar-refractivity contribution < 1.29 is 52.4 Å². The predicted octanol–water partition coefficient (Wildman–Crippen LogP) is 2.48. The number of rotatable bonds is 9. The third-order valence-corrected chi connectivity index (χ3v) is 6.05. The summed E-state index contributed by atoms with van der Waals surface area (Å²) in [6.07, 6.45) is -6.45. The van der Waals surface area contributed by atoms with Crippen LogP contribution in [0.15, 0.2) is 42.5 Å². The molecule has 1 aliphatic rings. The number of hydrogen-bond donors (Lipinski definition) is 1. The Kier molecular flexibility index (Phi) is 10.4. The molecule has 1 saturated heterocycles. The molecular weight excluding hydrogens is 538 g/mol. The van der Waals surface area contributed by atoms with Crippen LogP contribution in [0, 0.1) is 6.92 Å². The van der Waals surface area contributed by atoms with Gasteiger partial charge in [-0.15, -0.1) is 0 Å². The zero-order valence-corrected chi connectivity index (χ0v) is 23.6. The molecule has 41 heavy (non-hydrogen) atoms. The van der Waals surface area contributed by atoms with Gasteiger partial charge >= 0.3 is 23.9 Å². The first-order chi connectivity index (χ1) is 19.4. The fourth-order valence-corrected chi connectivity index (χ4v) is 4.35. The lowest BCUT2D eigenvalue weighted by molar-refractivity contribution is -0.288. The maximum atomic E-state index is 12.1. The van der Waals surface area contributed by atoms with Gasteiger partial charge < -0.3 is 33.7 Å². The topological polar surface area (TPSA) is 153 Å². The number of carbonyl (C=O) groups excluding carboxylic acids is 5. The summed E-state index contributed by atoms with van der Waals surface area (Å²) in [5, 5.41) is 2.60. The monoisotopic (exact) mass is 571 g/mol. The second-order valence-electron chi connectivity index (χ2n) is 9.33.